The number of hydrogen-bond acceptors (Lipinski definition) is 8. The number of rotatable bonds is 7. The van der Waals surface area contributed by atoms with Crippen molar-refractivity contribution in [2.24, 2.45) is 29.3 Å². The lowest BCUT2D eigenvalue weighted by molar-refractivity contribution is 0.343. The fourth-order valence-electron chi connectivity index (χ4n) is 2.19. The number of aromatic nitrogens is 2. The highest BCUT2D eigenvalue weighted by molar-refractivity contribution is 5.63. The van der Waals surface area contributed by atoms with Gasteiger partial charge in [0.15, 0.2) is 17.9 Å². The monoisotopic (exact) mass is 375 g/mol. The molecule has 0 spiro atoms. The molecule has 1 aromatic heterocycles. The standard InChI is InChI=1S/C17H21N5O5/c1-6-27-10-18-15-14(16(23)22(3)17(24)21(15)2)20-19-12-9-11(25-4)7-8-13(12)26-5/h7-10H,6H2,1-5H3/b18-10+,20-19?. The predicted octanol–water partition coefficient (Wildman–Crippen LogP) is 2.21. The van der Waals surface area contributed by atoms with Crippen LogP contribution in [0.25, 0.3) is 0 Å². The van der Waals surface area contributed by atoms with Gasteiger partial charge in [-0.2, -0.15) is 0 Å². The van der Waals surface area contributed by atoms with E-state index in [-0.39, 0.29) is 11.5 Å². The van der Waals surface area contributed by atoms with Crippen molar-refractivity contribution in [2.75, 3.05) is 20.8 Å². The second kappa shape index (κ2) is 8.79. The first-order valence-electron chi connectivity index (χ1n) is 8.02. The maximum Gasteiger partial charge on any atom is 0.332 e. The number of hydrogen-bond donors (Lipinski definition) is 0. The zero-order valence-corrected chi connectivity index (χ0v) is 15.8. The van der Waals surface area contributed by atoms with E-state index in [0.717, 1.165) is 11.0 Å². The lowest BCUT2D eigenvalue weighted by atomic mass is 10.3. The number of azo groups is 1. The van der Waals surface area contributed by atoms with Crippen LogP contribution in [0, 0.1) is 0 Å². The number of nitrogens with zero attached hydrogens (tertiary/aromatic N) is 5. The molecule has 0 saturated carbocycles. The van der Waals surface area contributed by atoms with E-state index >= 15 is 0 Å². The van der Waals surface area contributed by atoms with Gasteiger partial charge in [0.25, 0.3) is 5.56 Å². The normalized spacial score (nSPS) is 11.3. The van der Waals surface area contributed by atoms with E-state index < -0.39 is 11.2 Å². The Kier molecular flexibility index (Phi) is 6.47. The van der Waals surface area contributed by atoms with Gasteiger partial charge in [-0.1, -0.05) is 0 Å². The molecule has 0 N–H and O–H groups in total. The van der Waals surface area contributed by atoms with Crippen LogP contribution in [0.4, 0.5) is 17.2 Å². The van der Waals surface area contributed by atoms with Gasteiger partial charge in [0.05, 0.1) is 20.8 Å². The molecular weight excluding hydrogens is 354 g/mol. The van der Waals surface area contributed by atoms with Crippen LogP contribution in [0.1, 0.15) is 6.92 Å². The highest BCUT2D eigenvalue weighted by Gasteiger charge is 2.15. The van der Waals surface area contributed by atoms with Crippen LogP contribution in [-0.4, -0.2) is 36.4 Å². The Morgan fingerprint density at radius 2 is 1.81 bits per heavy atom. The van der Waals surface area contributed by atoms with Gasteiger partial charge in [-0.15, -0.1) is 10.2 Å². The molecule has 0 amide bonds. The minimum absolute atomic E-state index is 0.0298. The van der Waals surface area contributed by atoms with Crippen molar-refractivity contribution in [1.82, 2.24) is 9.13 Å². The Morgan fingerprint density at radius 3 is 2.44 bits per heavy atom. The fourth-order valence-corrected chi connectivity index (χ4v) is 2.19. The molecule has 10 heteroatoms. The van der Waals surface area contributed by atoms with Gasteiger partial charge in [-0.3, -0.25) is 13.9 Å². The first-order chi connectivity index (χ1) is 12.9. The van der Waals surface area contributed by atoms with Crippen LogP contribution in [0.5, 0.6) is 11.5 Å². The van der Waals surface area contributed by atoms with Gasteiger partial charge in [-0.25, -0.2) is 9.79 Å². The van der Waals surface area contributed by atoms with E-state index in [2.05, 4.69) is 15.2 Å². The van der Waals surface area contributed by atoms with E-state index in [4.69, 9.17) is 14.2 Å². The Labute approximate surface area is 155 Å². The summed E-state index contributed by atoms with van der Waals surface area (Å²) in [5.74, 6) is 1.02. The van der Waals surface area contributed by atoms with Crippen LogP contribution in [0.3, 0.4) is 0 Å². The molecule has 0 fully saturated rings. The molecule has 0 aliphatic rings. The SMILES string of the molecule is CCO/C=N/c1c(N=Nc2cc(OC)ccc2OC)c(=O)n(C)c(=O)n1C. The molecule has 0 aliphatic carbocycles. The first-order valence-corrected chi connectivity index (χ1v) is 8.02. The lowest BCUT2D eigenvalue weighted by Gasteiger charge is -2.09. The van der Waals surface area contributed by atoms with Gasteiger partial charge in [-0.05, 0) is 19.1 Å². The molecule has 0 saturated heterocycles. The van der Waals surface area contributed by atoms with Gasteiger partial charge >= 0.3 is 5.69 Å². The van der Waals surface area contributed by atoms with E-state index in [1.165, 1.54) is 32.9 Å². The second-order valence-corrected chi connectivity index (χ2v) is 5.31. The summed E-state index contributed by atoms with van der Waals surface area (Å²) >= 11 is 0. The molecule has 0 unspecified atom stereocenters. The third-order valence-corrected chi connectivity index (χ3v) is 3.67. The molecule has 2 rings (SSSR count). The van der Waals surface area contributed by atoms with E-state index in [0.29, 0.717) is 23.8 Å². The minimum Gasteiger partial charge on any atom is -0.497 e. The van der Waals surface area contributed by atoms with Crippen LogP contribution in [-0.2, 0) is 18.8 Å². The summed E-state index contributed by atoms with van der Waals surface area (Å²) in [6.07, 6.45) is 1.15. The van der Waals surface area contributed by atoms with Gasteiger partial charge in [0.2, 0.25) is 0 Å². The predicted molar refractivity (Wildman–Crippen MR) is 100 cm³/mol. The van der Waals surface area contributed by atoms with E-state index in [9.17, 15) is 9.59 Å². The Morgan fingerprint density at radius 1 is 1.07 bits per heavy atom. The molecule has 10 nitrogen and oxygen atoms in total. The Balaban J connectivity index is 2.63. The Hall–Kier alpha value is -3.43. The fraction of sp³-hybridized carbons (Fsp3) is 0.353. The van der Waals surface area contributed by atoms with Crippen LogP contribution >= 0.6 is 0 Å². The number of methoxy groups -OCH3 is 2. The third-order valence-electron chi connectivity index (χ3n) is 3.67. The maximum absolute atomic E-state index is 12.5. The quantitative estimate of drug-likeness (QED) is 0.419. The van der Waals surface area contributed by atoms with Crippen molar-refractivity contribution >= 4 is 23.6 Å². The Bertz CT molecular complexity index is 990. The smallest absolute Gasteiger partial charge is 0.332 e. The average molecular weight is 375 g/mol. The van der Waals surface area contributed by atoms with E-state index in [1.807, 2.05) is 0 Å². The van der Waals surface area contributed by atoms with Crippen LogP contribution < -0.4 is 20.7 Å². The molecule has 27 heavy (non-hydrogen) atoms. The zero-order valence-electron chi connectivity index (χ0n) is 15.8. The van der Waals surface area contributed by atoms with Crippen molar-refractivity contribution in [3.8, 4) is 11.5 Å². The summed E-state index contributed by atoms with van der Waals surface area (Å²) < 4.78 is 17.6. The average Bonchev–Trinajstić information content (AvgIpc) is 2.69. The molecular formula is C17H21N5O5. The first kappa shape index (κ1) is 19.9. The largest absolute Gasteiger partial charge is 0.497 e. The van der Waals surface area contributed by atoms with Gasteiger partial charge < -0.3 is 14.2 Å². The van der Waals surface area contributed by atoms with Gasteiger partial charge in [0, 0.05) is 20.2 Å². The second-order valence-electron chi connectivity index (χ2n) is 5.31. The molecule has 2 aromatic rings. The zero-order chi connectivity index (χ0) is 20.0. The molecule has 0 atom stereocenters. The summed E-state index contributed by atoms with van der Waals surface area (Å²) in [6.45, 7) is 2.17. The van der Waals surface area contributed by atoms with Crippen molar-refractivity contribution < 1.29 is 14.2 Å². The van der Waals surface area contributed by atoms with E-state index in [1.54, 1.807) is 25.1 Å². The van der Waals surface area contributed by atoms with Crippen molar-refractivity contribution in [2.45, 2.75) is 6.92 Å². The summed E-state index contributed by atoms with van der Waals surface area (Å²) in [6, 6.07) is 4.99. The summed E-state index contributed by atoms with van der Waals surface area (Å²) in [5, 5.41) is 8.12. The lowest BCUT2D eigenvalue weighted by Crippen LogP contribution is -2.36. The molecule has 144 valence electrons. The van der Waals surface area contributed by atoms with Crippen molar-refractivity contribution in [3.05, 3.63) is 39.0 Å². The van der Waals surface area contributed by atoms with Crippen LogP contribution in [0.2, 0.25) is 0 Å². The summed E-state index contributed by atoms with van der Waals surface area (Å²) in [5.41, 5.74) is -0.929. The van der Waals surface area contributed by atoms with Crippen molar-refractivity contribution in [1.29, 1.82) is 0 Å². The molecule has 0 aliphatic heterocycles. The topological polar surface area (TPSA) is 109 Å². The molecule has 1 heterocycles. The maximum atomic E-state index is 12.5. The molecule has 0 radical (unpaired) electrons. The van der Waals surface area contributed by atoms with Gasteiger partial charge in [0.1, 0.15) is 17.2 Å². The van der Waals surface area contributed by atoms with Crippen LogP contribution in [0.15, 0.2) is 43.0 Å². The summed E-state index contributed by atoms with van der Waals surface area (Å²) in [7, 11) is 5.84. The highest BCUT2D eigenvalue weighted by atomic mass is 16.5. The molecule has 1 aromatic carbocycles. The highest BCUT2D eigenvalue weighted by Crippen LogP contribution is 2.33. The summed E-state index contributed by atoms with van der Waals surface area (Å²) in [4.78, 5) is 28.7. The molecule has 0 bridgehead atoms. The number of benzene rings is 1. The number of ether oxygens (including phenoxy) is 3. The van der Waals surface area contributed by atoms with Crippen molar-refractivity contribution in [3.63, 3.8) is 0 Å². The number of aliphatic imine (C=N–C) groups is 1. The minimum atomic E-state index is -0.632. The third kappa shape index (κ3) is 4.22.